The average molecular weight is 559 g/mol. The van der Waals surface area contributed by atoms with E-state index in [9.17, 15) is 19.5 Å². The van der Waals surface area contributed by atoms with Crippen molar-refractivity contribution in [3.05, 3.63) is 102 Å². The van der Waals surface area contributed by atoms with Gasteiger partial charge in [-0.05, 0) is 46.4 Å². The Bertz CT molecular complexity index is 1330. The Balaban J connectivity index is 1.28. The van der Waals surface area contributed by atoms with Gasteiger partial charge >= 0.3 is 18.2 Å². The second-order valence-electron chi connectivity index (χ2n) is 9.63. The summed E-state index contributed by atoms with van der Waals surface area (Å²) in [5, 5.41) is 12.5. The molecule has 0 saturated carbocycles. The first kappa shape index (κ1) is 29.2. The van der Waals surface area contributed by atoms with Gasteiger partial charge < -0.3 is 24.6 Å². The van der Waals surface area contributed by atoms with Crippen LogP contribution in [-0.2, 0) is 20.7 Å². The number of amides is 2. The summed E-state index contributed by atoms with van der Waals surface area (Å²) >= 11 is 0. The summed E-state index contributed by atoms with van der Waals surface area (Å²) in [4.78, 5) is 37.6. The van der Waals surface area contributed by atoms with E-state index >= 15 is 0 Å². The lowest BCUT2D eigenvalue weighted by Gasteiger charge is -2.25. The number of carbonyl (C=O) groups is 3. The van der Waals surface area contributed by atoms with Crippen LogP contribution in [0.1, 0.15) is 29.0 Å². The Hall–Kier alpha value is -4.79. The molecule has 0 saturated heterocycles. The summed E-state index contributed by atoms with van der Waals surface area (Å²) in [5.74, 6) is -0.627. The summed E-state index contributed by atoms with van der Waals surface area (Å²) in [6.45, 7) is 4.52. The normalized spacial score (nSPS) is 12.4. The Labute approximate surface area is 239 Å². The van der Waals surface area contributed by atoms with E-state index in [4.69, 9.17) is 14.2 Å². The van der Waals surface area contributed by atoms with Crippen molar-refractivity contribution in [3.8, 4) is 16.9 Å². The van der Waals surface area contributed by atoms with E-state index < -0.39 is 24.2 Å². The summed E-state index contributed by atoms with van der Waals surface area (Å²) in [6.07, 6.45) is 0.973. The number of aliphatic carboxylic acids is 1. The van der Waals surface area contributed by atoms with Crippen LogP contribution in [0.15, 0.2) is 85.5 Å². The first-order valence-electron chi connectivity index (χ1n) is 13.4. The maximum Gasteiger partial charge on any atom is 0.410 e. The smallest absolute Gasteiger partial charge is 0.410 e. The van der Waals surface area contributed by atoms with Crippen molar-refractivity contribution in [1.82, 2.24) is 10.2 Å². The van der Waals surface area contributed by atoms with E-state index in [-0.39, 0.29) is 25.6 Å². The molecule has 9 nitrogen and oxygen atoms in total. The zero-order valence-corrected chi connectivity index (χ0v) is 23.0. The number of carbonyl (C=O) groups excluding carboxylic acids is 2. The number of nitrogens with zero attached hydrogens (tertiary/aromatic N) is 1. The number of likely N-dealkylation sites (N-methyl/N-ethyl adjacent to an activating group) is 1. The van der Waals surface area contributed by atoms with Gasteiger partial charge in [0.05, 0.1) is 6.61 Å². The second-order valence-corrected chi connectivity index (χ2v) is 9.63. The van der Waals surface area contributed by atoms with Crippen molar-refractivity contribution in [2.45, 2.75) is 24.8 Å². The van der Waals surface area contributed by atoms with Gasteiger partial charge in [0.1, 0.15) is 25.0 Å². The van der Waals surface area contributed by atoms with Crippen LogP contribution in [-0.4, -0.2) is 67.6 Å². The van der Waals surface area contributed by atoms with Gasteiger partial charge in [-0.15, -0.1) is 0 Å². The van der Waals surface area contributed by atoms with Crippen molar-refractivity contribution < 1.29 is 33.7 Å². The largest absolute Gasteiger partial charge is 0.494 e. The number of carboxylic acids is 1. The van der Waals surface area contributed by atoms with E-state index in [0.29, 0.717) is 25.3 Å². The van der Waals surface area contributed by atoms with Crippen LogP contribution >= 0.6 is 0 Å². The third-order valence-corrected chi connectivity index (χ3v) is 6.92. The van der Waals surface area contributed by atoms with E-state index in [2.05, 4.69) is 24.0 Å². The number of fused-ring (bicyclic) bond motifs is 3. The molecule has 1 aliphatic rings. The third kappa shape index (κ3) is 7.45. The molecule has 4 rings (SSSR count). The summed E-state index contributed by atoms with van der Waals surface area (Å²) in [6, 6.07) is 22.0. The molecule has 9 heteroatoms. The maximum atomic E-state index is 13.0. The molecule has 0 bridgehead atoms. The molecule has 0 radical (unpaired) electrons. The molecule has 0 aromatic heterocycles. The summed E-state index contributed by atoms with van der Waals surface area (Å²) < 4.78 is 16.2. The van der Waals surface area contributed by atoms with Crippen LogP contribution in [0.4, 0.5) is 9.59 Å². The predicted molar refractivity (Wildman–Crippen MR) is 154 cm³/mol. The van der Waals surface area contributed by atoms with Crippen molar-refractivity contribution in [2.24, 2.45) is 0 Å². The van der Waals surface area contributed by atoms with Crippen LogP contribution in [0.3, 0.4) is 0 Å². The van der Waals surface area contributed by atoms with Crippen LogP contribution in [0, 0.1) is 0 Å². The Kier molecular flexibility index (Phi) is 9.99. The second kappa shape index (κ2) is 14.0. The number of nitrogens with one attached hydrogen (secondary N) is 1. The van der Waals surface area contributed by atoms with E-state index in [0.717, 1.165) is 32.7 Å². The number of carboxylic acid groups (broad SMARTS) is 1. The monoisotopic (exact) mass is 558 g/mol. The lowest BCUT2D eigenvalue weighted by Crippen LogP contribution is -2.44. The highest BCUT2D eigenvalue weighted by atomic mass is 16.6. The Morgan fingerprint density at radius 1 is 0.976 bits per heavy atom. The molecule has 2 amide bonds. The van der Waals surface area contributed by atoms with Crippen LogP contribution in [0.25, 0.3) is 11.1 Å². The van der Waals surface area contributed by atoms with Gasteiger partial charge in [0.15, 0.2) is 0 Å². The molecule has 0 heterocycles. The molecule has 1 aliphatic carbocycles. The maximum absolute atomic E-state index is 13.0. The summed E-state index contributed by atoms with van der Waals surface area (Å²) in [7, 11) is 1.44. The minimum absolute atomic E-state index is 0.104. The highest BCUT2D eigenvalue weighted by Crippen LogP contribution is 2.44. The standard InChI is InChI=1S/C32H34N2O7/c1-3-18-40-31(37)33-17-8-19-39-23-15-13-22(14-16-23)20-29(30(35)36)34(2)32(38)41-21-28-26-11-6-4-9-24(26)25-10-5-7-12-27(25)28/h3-7,9-16,28-29H,1,8,17-21H2,2H3,(H,33,37)(H,35,36)/t29-/m0/s1. The minimum Gasteiger partial charge on any atom is -0.494 e. The fourth-order valence-corrected chi connectivity index (χ4v) is 4.80. The third-order valence-electron chi connectivity index (χ3n) is 6.92. The average Bonchev–Trinajstić information content (AvgIpc) is 3.31. The molecule has 1 atom stereocenters. The molecule has 0 fully saturated rings. The SMILES string of the molecule is C=CCOC(=O)NCCCOc1ccc(C[C@@H](C(=O)O)N(C)C(=O)OCC2c3ccccc3-c3ccccc32)cc1. The molecular weight excluding hydrogens is 524 g/mol. The van der Waals surface area contributed by atoms with Crippen molar-refractivity contribution in [3.63, 3.8) is 0 Å². The molecule has 0 spiro atoms. The molecule has 0 aliphatic heterocycles. The number of hydrogen-bond acceptors (Lipinski definition) is 6. The number of benzene rings is 3. The Morgan fingerprint density at radius 3 is 2.22 bits per heavy atom. The van der Waals surface area contributed by atoms with Crippen LogP contribution in [0.5, 0.6) is 5.75 Å². The lowest BCUT2D eigenvalue weighted by atomic mass is 9.98. The highest BCUT2D eigenvalue weighted by Gasteiger charge is 2.32. The first-order chi connectivity index (χ1) is 19.9. The predicted octanol–water partition coefficient (Wildman–Crippen LogP) is 5.24. The zero-order valence-electron chi connectivity index (χ0n) is 23.0. The van der Waals surface area contributed by atoms with Gasteiger partial charge in [-0.25, -0.2) is 14.4 Å². The van der Waals surface area contributed by atoms with Crippen molar-refractivity contribution in [1.29, 1.82) is 0 Å². The van der Waals surface area contributed by atoms with Gasteiger partial charge in [-0.2, -0.15) is 0 Å². The molecule has 214 valence electrons. The Morgan fingerprint density at radius 2 is 1.61 bits per heavy atom. The van der Waals surface area contributed by atoms with Gasteiger partial charge in [-0.3, -0.25) is 4.90 Å². The van der Waals surface area contributed by atoms with Gasteiger partial charge in [0, 0.05) is 25.9 Å². The molecule has 3 aromatic rings. The minimum atomic E-state index is -1.12. The van der Waals surface area contributed by atoms with E-state index in [1.165, 1.54) is 13.1 Å². The fraction of sp³-hybridized carbons (Fsp3) is 0.281. The number of hydrogen-bond donors (Lipinski definition) is 2. The molecular formula is C32H34N2O7. The van der Waals surface area contributed by atoms with E-state index in [1.54, 1.807) is 24.3 Å². The van der Waals surface area contributed by atoms with Crippen LogP contribution < -0.4 is 10.1 Å². The first-order valence-corrected chi connectivity index (χ1v) is 13.4. The zero-order chi connectivity index (χ0) is 29.2. The summed E-state index contributed by atoms with van der Waals surface area (Å²) in [5.41, 5.74) is 5.14. The van der Waals surface area contributed by atoms with E-state index in [1.807, 2.05) is 36.4 Å². The molecule has 0 unspecified atom stereocenters. The topological polar surface area (TPSA) is 114 Å². The number of alkyl carbamates (subject to hydrolysis) is 1. The van der Waals surface area contributed by atoms with Crippen LogP contribution in [0.2, 0.25) is 0 Å². The quantitative estimate of drug-likeness (QED) is 0.218. The highest BCUT2D eigenvalue weighted by molar-refractivity contribution is 5.81. The number of ether oxygens (including phenoxy) is 3. The number of rotatable bonds is 13. The molecule has 3 aromatic carbocycles. The van der Waals surface area contributed by atoms with Gasteiger partial charge in [-0.1, -0.05) is 73.3 Å². The van der Waals surface area contributed by atoms with Crippen molar-refractivity contribution in [2.75, 3.05) is 33.4 Å². The molecule has 2 N–H and O–H groups in total. The fourth-order valence-electron chi connectivity index (χ4n) is 4.80. The molecule has 41 heavy (non-hydrogen) atoms. The van der Waals surface area contributed by atoms with Gasteiger partial charge in [0.25, 0.3) is 0 Å². The van der Waals surface area contributed by atoms with Gasteiger partial charge in [0.2, 0.25) is 0 Å². The lowest BCUT2D eigenvalue weighted by molar-refractivity contribution is -0.142. The van der Waals surface area contributed by atoms with Crippen molar-refractivity contribution >= 4 is 18.2 Å².